The van der Waals surface area contributed by atoms with Gasteiger partial charge in [-0.3, -0.25) is 63.0 Å². The van der Waals surface area contributed by atoms with Crippen LogP contribution in [0.5, 0.6) is 5.75 Å². The van der Waals surface area contributed by atoms with Gasteiger partial charge in [0.25, 0.3) is 29.5 Å². The van der Waals surface area contributed by atoms with E-state index in [1.165, 1.54) is 6.07 Å². The zero-order chi connectivity index (χ0) is 59.8. The number of rotatable bonds is 25. The van der Waals surface area contributed by atoms with E-state index in [1.807, 2.05) is 27.7 Å². The predicted molar refractivity (Wildman–Crippen MR) is 301 cm³/mol. The summed E-state index contributed by atoms with van der Waals surface area (Å²) in [5.74, 6) is -6.64. The Morgan fingerprint density at radius 2 is 1.46 bits per heavy atom. The summed E-state index contributed by atoms with van der Waals surface area (Å²) < 4.78 is 17.2. The summed E-state index contributed by atoms with van der Waals surface area (Å²) in [7, 11) is 0. The van der Waals surface area contributed by atoms with Gasteiger partial charge in [0.15, 0.2) is 0 Å². The molecule has 10 amide bonds. The molecule has 0 radical (unpaired) electrons. The Labute approximate surface area is 486 Å². The molecule has 5 fully saturated rings. The van der Waals surface area contributed by atoms with Crippen molar-refractivity contribution < 1.29 is 67.0 Å². The molecule has 4 heterocycles. The van der Waals surface area contributed by atoms with E-state index in [0.717, 1.165) is 62.2 Å². The Balaban J connectivity index is 0.731. The van der Waals surface area contributed by atoms with Crippen molar-refractivity contribution in [2.75, 3.05) is 46.1 Å². The van der Waals surface area contributed by atoms with Crippen LogP contribution in [0.1, 0.15) is 159 Å². The molecule has 0 spiro atoms. The molecule has 2 aromatic carbocycles. The summed E-state index contributed by atoms with van der Waals surface area (Å²) in [5.41, 5.74) is -0.568. The van der Waals surface area contributed by atoms with Gasteiger partial charge in [-0.25, -0.2) is 9.97 Å². The van der Waals surface area contributed by atoms with E-state index in [1.54, 1.807) is 29.2 Å². The number of fused-ring (bicyclic) bond motifs is 1. The second-order valence-corrected chi connectivity index (χ2v) is 23.8. The van der Waals surface area contributed by atoms with E-state index in [9.17, 15) is 52.7 Å². The van der Waals surface area contributed by atoms with Crippen molar-refractivity contribution >= 4 is 75.6 Å². The lowest BCUT2D eigenvalue weighted by atomic mass is 9.82. The second kappa shape index (κ2) is 26.9. The first-order chi connectivity index (χ1) is 40.3. The Morgan fingerprint density at radius 1 is 0.762 bits per heavy atom. The van der Waals surface area contributed by atoms with Crippen molar-refractivity contribution in [1.29, 1.82) is 0 Å². The number of carbonyl (C=O) groups excluding carboxylic acids is 11. The first kappa shape index (κ1) is 60.8. The lowest BCUT2D eigenvalue weighted by Gasteiger charge is -2.38. The van der Waals surface area contributed by atoms with Crippen molar-refractivity contribution in [3.05, 3.63) is 65.2 Å². The standard InChI is InChI=1S/C60H76N10O14/c1-5-11-41(49(72)56(78)64-36-18-19-36)65-55(77)48-38-16-10-15-35(38)32-69(48)59(81)50(60(2,3)4)68-54(76)47(33-12-7-6-8-13-33)67-52(74)43-31-62-42(30-63-43)51(73)61-22-23-82-24-25-83-26-27-84-37-28-34-14-9-17-39-46(34)40(29-37)58(80)70(57(39)79)44-20-21-45(71)66-53(44)75/h9,14,17,28-31,33,35-36,38,41,44,47-48,50H,5-8,10-13,15-16,18-27,32H2,1-4H3,(H,61,73)(H,64,78)(H,65,77)(H,67,74)(H,68,76)(H,66,71,75)/t35-,38-,41-,44?,47?,48-,50+/m0/s1. The molecule has 3 aromatic rings. The number of ketones is 1. The highest BCUT2D eigenvalue weighted by atomic mass is 16.5. The van der Waals surface area contributed by atoms with Crippen molar-refractivity contribution in [1.82, 2.24) is 51.7 Å². The van der Waals surface area contributed by atoms with E-state index in [4.69, 9.17) is 14.2 Å². The number of ether oxygens (including phenoxy) is 3. The molecule has 1 aromatic heterocycles. The Morgan fingerprint density at radius 3 is 2.15 bits per heavy atom. The summed E-state index contributed by atoms with van der Waals surface area (Å²) in [6.07, 6.45) is 11.1. The molecule has 24 nitrogen and oxygen atoms in total. The minimum atomic E-state index is -1.12. The quantitative estimate of drug-likeness (QED) is 0.0404. The Bertz CT molecular complexity index is 3050. The number of aromatic nitrogens is 2. The molecule has 2 saturated heterocycles. The first-order valence-electron chi connectivity index (χ1n) is 29.6. The van der Waals surface area contributed by atoms with Gasteiger partial charge in [0.1, 0.15) is 47.9 Å². The van der Waals surface area contributed by atoms with Crippen molar-refractivity contribution in [2.45, 2.75) is 154 Å². The Kier molecular flexibility index (Phi) is 19.5. The maximum atomic E-state index is 14.9. The molecule has 3 aliphatic carbocycles. The SMILES string of the molecule is CCC[C@H](NC(=O)[C@@H]1[C@H]2CCC[C@H]2CN1C(=O)[C@@H](NC(=O)C(NC(=O)c1cnc(C(=O)NCCOCCOCCOc2cc3c4c(cccc4c2)C(=O)N(C2CCC(=O)NC2=O)C3=O)cn1)C1CCCCC1)C(C)(C)C)C(=O)C(=O)NC1CC1. The number of amides is 10. The zero-order valence-electron chi connectivity index (χ0n) is 48.1. The van der Waals surface area contributed by atoms with Crippen LogP contribution in [0.3, 0.4) is 0 Å². The van der Waals surface area contributed by atoms with E-state index >= 15 is 0 Å². The van der Waals surface area contributed by atoms with Gasteiger partial charge in [-0.1, -0.05) is 71.9 Å². The number of hydrogen-bond acceptors (Lipinski definition) is 16. The monoisotopic (exact) mass is 1160 g/mol. The summed E-state index contributed by atoms with van der Waals surface area (Å²) >= 11 is 0. The molecule has 6 aliphatic rings. The molecular weight excluding hydrogens is 1080 g/mol. The minimum Gasteiger partial charge on any atom is -0.491 e. The van der Waals surface area contributed by atoms with E-state index in [2.05, 4.69) is 41.9 Å². The molecule has 6 N–H and O–H groups in total. The predicted octanol–water partition coefficient (Wildman–Crippen LogP) is 2.84. The Hall–Kier alpha value is -7.73. The molecule has 0 bridgehead atoms. The van der Waals surface area contributed by atoms with Crippen LogP contribution in [0.25, 0.3) is 10.8 Å². The number of carbonyl (C=O) groups is 11. The molecule has 7 atom stereocenters. The fourth-order valence-electron chi connectivity index (χ4n) is 12.3. The summed E-state index contributed by atoms with van der Waals surface area (Å²) in [6, 6.07) is 2.99. The molecule has 9 rings (SSSR count). The van der Waals surface area contributed by atoms with Crippen LogP contribution in [-0.4, -0.2) is 167 Å². The third-order valence-corrected chi connectivity index (χ3v) is 16.8. The van der Waals surface area contributed by atoms with Gasteiger partial charge in [-0.05, 0) is 98.1 Å². The normalized spacial score (nSPS) is 21.7. The zero-order valence-corrected chi connectivity index (χ0v) is 48.1. The largest absolute Gasteiger partial charge is 0.491 e. The van der Waals surface area contributed by atoms with Gasteiger partial charge in [0.05, 0.1) is 50.4 Å². The van der Waals surface area contributed by atoms with E-state index in [-0.39, 0.29) is 105 Å². The van der Waals surface area contributed by atoms with Gasteiger partial charge < -0.3 is 45.7 Å². The fraction of sp³-hybridized carbons (Fsp3) is 0.583. The average molecular weight is 1160 g/mol. The molecule has 3 saturated carbocycles. The highest BCUT2D eigenvalue weighted by Gasteiger charge is 2.53. The summed E-state index contributed by atoms with van der Waals surface area (Å²) in [6.45, 7) is 8.56. The van der Waals surface area contributed by atoms with Gasteiger partial charge in [0, 0.05) is 36.5 Å². The highest BCUT2D eigenvalue weighted by Crippen LogP contribution is 2.43. The van der Waals surface area contributed by atoms with Crippen LogP contribution in [-0.2, 0) is 43.0 Å². The van der Waals surface area contributed by atoms with Crippen LogP contribution < -0.4 is 36.6 Å². The lowest BCUT2D eigenvalue weighted by molar-refractivity contribution is -0.146. The van der Waals surface area contributed by atoms with Gasteiger partial charge in [0.2, 0.25) is 35.3 Å². The molecule has 450 valence electrons. The topological polar surface area (TPSA) is 320 Å². The fourth-order valence-corrected chi connectivity index (χ4v) is 12.3. The maximum Gasteiger partial charge on any atom is 0.289 e. The number of benzene rings is 2. The molecule has 3 aliphatic heterocycles. The summed E-state index contributed by atoms with van der Waals surface area (Å²) in [4.78, 5) is 159. The summed E-state index contributed by atoms with van der Waals surface area (Å²) in [5, 5.41) is 17.4. The smallest absolute Gasteiger partial charge is 0.289 e. The van der Waals surface area contributed by atoms with Crippen LogP contribution >= 0.6 is 0 Å². The van der Waals surface area contributed by atoms with Crippen LogP contribution in [0, 0.1) is 23.2 Å². The van der Waals surface area contributed by atoms with E-state index in [0.29, 0.717) is 48.8 Å². The number of nitrogens with one attached hydrogen (secondary N) is 6. The van der Waals surface area contributed by atoms with Crippen molar-refractivity contribution in [3.63, 3.8) is 0 Å². The average Bonchev–Trinajstić information content (AvgIpc) is 1.01. The first-order valence-corrected chi connectivity index (χ1v) is 29.6. The number of piperidine rings is 1. The molecular formula is C60H76N10O14. The van der Waals surface area contributed by atoms with Gasteiger partial charge >= 0.3 is 0 Å². The van der Waals surface area contributed by atoms with Crippen LogP contribution in [0.4, 0.5) is 0 Å². The number of hydrogen-bond donors (Lipinski definition) is 6. The number of nitrogens with zero attached hydrogens (tertiary/aromatic N) is 4. The van der Waals surface area contributed by atoms with Crippen molar-refractivity contribution in [3.8, 4) is 5.75 Å². The molecule has 24 heteroatoms. The van der Waals surface area contributed by atoms with E-state index < -0.39 is 100 Å². The van der Waals surface area contributed by atoms with Crippen LogP contribution in [0.15, 0.2) is 42.7 Å². The lowest BCUT2D eigenvalue weighted by Crippen LogP contribution is -2.62. The number of Topliss-reactive ketones (excluding diaryl/α,β-unsaturated/α-hetero) is 1. The van der Waals surface area contributed by atoms with Gasteiger partial charge in [-0.15, -0.1) is 0 Å². The highest BCUT2D eigenvalue weighted by molar-refractivity contribution is 6.38. The molecule has 2 unspecified atom stereocenters. The van der Waals surface area contributed by atoms with Crippen molar-refractivity contribution in [2.24, 2.45) is 23.2 Å². The maximum absolute atomic E-state index is 14.9. The van der Waals surface area contributed by atoms with Gasteiger partial charge in [-0.2, -0.15) is 0 Å². The number of imide groups is 2. The van der Waals surface area contributed by atoms with Crippen LogP contribution in [0.2, 0.25) is 0 Å². The minimum absolute atomic E-state index is 0.00105. The third kappa shape index (κ3) is 14.1. The second-order valence-electron chi connectivity index (χ2n) is 23.8. The molecule has 84 heavy (non-hydrogen) atoms. The number of likely N-dealkylation sites (tertiary alicyclic amines) is 1. The third-order valence-electron chi connectivity index (χ3n) is 16.8.